The maximum atomic E-state index is 12.0. The van der Waals surface area contributed by atoms with Gasteiger partial charge in [-0.15, -0.1) is 11.3 Å². The molecule has 1 aromatic carbocycles. The molecule has 0 spiro atoms. The van der Waals surface area contributed by atoms with Crippen LogP contribution in [0.4, 0.5) is 0 Å². The van der Waals surface area contributed by atoms with Crippen LogP contribution < -0.4 is 4.74 Å². The van der Waals surface area contributed by atoms with Crippen LogP contribution in [0.25, 0.3) is 6.08 Å². The highest BCUT2D eigenvalue weighted by molar-refractivity contribution is 7.12. The number of rotatable bonds is 5. The SMILES string of the molecule is CCOc1ccc(C(=O)/C=C/c2ccc(C)s2)cc1. The quantitative estimate of drug-likeness (QED) is 0.597. The van der Waals surface area contributed by atoms with Gasteiger partial charge in [-0.05, 0) is 62.4 Å². The fourth-order valence-electron chi connectivity index (χ4n) is 1.68. The molecule has 0 aliphatic rings. The lowest BCUT2D eigenvalue weighted by Gasteiger charge is -2.02. The zero-order valence-corrected chi connectivity index (χ0v) is 11.9. The average molecular weight is 272 g/mol. The van der Waals surface area contributed by atoms with Crippen LogP contribution in [-0.2, 0) is 0 Å². The summed E-state index contributed by atoms with van der Waals surface area (Å²) in [6, 6.07) is 11.3. The first-order chi connectivity index (χ1) is 9.19. The Bertz CT molecular complexity index is 579. The van der Waals surface area contributed by atoms with E-state index in [1.54, 1.807) is 29.5 Å². The van der Waals surface area contributed by atoms with Crippen molar-refractivity contribution in [2.45, 2.75) is 13.8 Å². The fourth-order valence-corrected chi connectivity index (χ4v) is 2.46. The minimum absolute atomic E-state index is 0.00843. The highest BCUT2D eigenvalue weighted by Crippen LogP contribution is 2.17. The number of benzene rings is 1. The highest BCUT2D eigenvalue weighted by atomic mass is 32.1. The van der Waals surface area contributed by atoms with Crippen molar-refractivity contribution in [3.63, 3.8) is 0 Å². The van der Waals surface area contributed by atoms with Gasteiger partial charge in [0, 0.05) is 15.3 Å². The van der Waals surface area contributed by atoms with Gasteiger partial charge in [0.15, 0.2) is 5.78 Å². The molecule has 0 N–H and O–H groups in total. The van der Waals surface area contributed by atoms with E-state index < -0.39 is 0 Å². The van der Waals surface area contributed by atoms with Crippen molar-refractivity contribution in [3.8, 4) is 5.75 Å². The fraction of sp³-hybridized carbons (Fsp3) is 0.188. The monoisotopic (exact) mass is 272 g/mol. The molecular weight excluding hydrogens is 256 g/mol. The summed E-state index contributed by atoms with van der Waals surface area (Å²) in [4.78, 5) is 14.3. The van der Waals surface area contributed by atoms with Crippen LogP contribution in [0.15, 0.2) is 42.5 Å². The lowest BCUT2D eigenvalue weighted by atomic mass is 10.1. The molecule has 0 fully saturated rings. The molecule has 0 atom stereocenters. The summed E-state index contributed by atoms with van der Waals surface area (Å²) in [5, 5.41) is 0. The first-order valence-electron chi connectivity index (χ1n) is 6.21. The van der Waals surface area contributed by atoms with Crippen LogP contribution in [0.2, 0.25) is 0 Å². The van der Waals surface area contributed by atoms with Gasteiger partial charge in [-0.3, -0.25) is 4.79 Å². The van der Waals surface area contributed by atoms with Crippen molar-refractivity contribution in [2.75, 3.05) is 6.61 Å². The van der Waals surface area contributed by atoms with Gasteiger partial charge < -0.3 is 4.74 Å². The third-order valence-electron chi connectivity index (χ3n) is 2.61. The van der Waals surface area contributed by atoms with E-state index >= 15 is 0 Å². The number of thiophene rings is 1. The second-order valence-electron chi connectivity index (χ2n) is 4.10. The molecule has 1 heterocycles. The van der Waals surface area contributed by atoms with Crippen LogP contribution in [0, 0.1) is 6.92 Å². The maximum Gasteiger partial charge on any atom is 0.185 e. The molecule has 1 aromatic heterocycles. The average Bonchev–Trinajstić information content (AvgIpc) is 2.83. The van der Waals surface area contributed by atoms with Crippen molar-refractivity contribution >= 4 is 23.2 Å². The number of ether oxygens (including phenoxy) is 1. The lowest BCUT2D eigenvalue weighted by Crippen LogP contribution is -1.95. The van der Waals surface area contributed by atoms with E-state index in [1.807, 2.05) is 37.3 Å². The number of carbonyl (C=O) groups excluding carboxylic acids is 1. The van der Waals surface area contributed by atoms with Crippen molar-refractivity contribution in [1.82, 2.24) is 0 Å². The van der Waals surface area contributed by atoms with Crippen LogP contribution in [0.3, 0.4) is 0 Å². The smallest absolute Gasteiger partial charge is 0.185 e. The molecule has 0 saturated heterocycles. The minimum Gasteiger partial charge on any atom is -0.494 e. The van der Waals surface area contributed by atoms with E-state index in [0.717, 1.165) is 10.6 Å². The molecular formula is C16H16O2S. The number of ketones is 1. The second-order valence-corrected chi connectivity index (χ2v) is 5.42. The van der Waals surface area contributed by atoms with E-state index in [1.165, 1.54) is 4.88 Å². The summed E-state index contributed by atoms with van der Waals surface area (Å²) in [6.45, 7) is 4.62. The molecule has 2 nitrogen and oxygen atoms in total. The predicted octanol–water partition coefficient (Wildman–Crippen LogP) is 4.35. The summed E-state index contributed by atoms with van der Waals surface area (Å²) >= 11 is 1.67. The van der Waals surface area contributed by atoms with Crippen molar-refractivity contribution in [1.29, 1.82) is 0 Å². The van der Waals surface area contributed by atoms with Gasteiger partial charge in [0.05, 0.1) is 6.61 Å². The van der Waals surface area contributed by atoms with E-state index in [-0.39, 0.29) is 5.78 Å². The van der Waals surface area contributed by atoms with Crippen molar-refractivity contribution in [3.05, 3.63) is 57.8 Å². The molecule has 2 aromatic rings. The Hall–Kier alpha value is -1.87. The van der Waals surface area contributed by atoms with Crippen LogP contribution in [0.1, 0.15) is 27.0 Å². The number of hydrogen-bond acceptors (Lipinski definition) is 3. The predicted molar refractivity (Wildman–Crippen MR) is 80.0 cm³/mol. The van der Waals surface area contributed by atoms with Crippen LogP contribution in [0.5, 0.6) is 5.75 Å². The number of aryl methyl sites for hydroxylation is 1. The third kappa shape index (κ3) is 3.80. The Balaban J connectivity index is 2.05. The normalized spacial score (nSPS) is 10.8. The lowest BCUT2D eigenvalue weighted by molar-refractivity contribution is 0.104. The molecule has 0 saturated carbocycles. The van der Waals surface area contributed by atoms with Gasteiger partial charge in [0.25, 0.3) is 0 Å². The Morgan fingerprint density at radius 3 is 2.53 bits per heavy atom. The first-order valence-corrected chi connectivity index (χ1v) is 7.02. The number of allylic oxidation sites excluding steroid dienone is 1. The van der Waals surface area contributed by atoms with Crippen LogP contribution >= 0.6 is 11.3 Å². The van der Waals surface area contributed by atoms with Gasteiger partial charge in [0.2, 0.25) is 0 Å². The summed E-state index contributed by atoms with van der Waals surface area (Å²) in [5.41, 5.74) is 0.674. The van der Waals surface area contributed by atoms with Gasteiger partial charge in [0.1, 0.15) is 5.75 Å². The van der Waals surface area contributed by atoms with E-state index in [4.69, 9.17) is 4.74 Å². The summed E-state index contributed by atoms with van der Waals surface area (Å²) in [6.07, 6.45) is 3.47. The topological polar surface area (TPSA) is 26.3 Å². The van der Waals surface area contributed by atoms with Crippen LogP contribution in [-0.4, -0.2) is 12.4 Å². The molecule has 0 aliphatic heterocycles. The molecule has 19 heavy (non-hydrogen) atoms. The zero-order valence-electron chi connectivity index (χ0n) is 11.1. The molecule has 2 rings (SSSR count). The van der Waals surface area contributed by atoms with Gasteiger partial charge in [-0.25, -0.2) is 0 Å². The standard InChI is InChI=1S/C16H16O2S/c1-3-18-14-7-5-13(6-8-14)16(17)11-10-15-9-4-12(2)19-15/h4-11H,3H2,1-2H3/b11-10+. The highest BCUT2D eigenvalue weighted by Gasteiger charge is 2.02. The molecule has 0 amide bonds. The second kappa shape index (κ2) is 6.34. The third-order valence-corrected chi connectivity index (χ3v) is 3.58. The molecule has 0 unspecified atom stereocenters. The molecule has 0 aliphatic carbocycles. The Labute approximate surface area is 117 Å². The molecule has 98 valence electrons. The Kier molecular flexibility index (Phi) is 4.53. The summed E-state index contributed by atoms with van der Waals surface area (Å²) in [5.74, 6) is 0.797. The summed E-state index contributed by atoms with van der Waals surface area (Å²) in [7, 11) is 0. The van der Waals surface area contributed by atoms with E-state index in [0.29, 0.717) is 12.2 Å². The van der Waals surface area contributed by atoms with Gasteiger partial charge >= 0.3 is 0 Å². The zero-order chi connectivity index (χ0) is 13.7. The van der Waals surface area contributed by atoms with Crippen molar-refractivity contribution in [2.24, 2.45) is 0 Å². The largest absolute Gasteiger partial charge is 0.494 e. The molecule has 0 bridgehead atoms. The van der Waals surface area contributed by atoms with E-state index in [2.05, 4.69) is 6.92 Å². The van der Waals surface area contributed by atoms with E-state index in [9.17, 15) is 4.79 Å². The van der Waals surface area contributed by atoms with Gasteiger partial charge in [-0.2, -0.15) is 0 Å². The molecule has 3 heteroatoms. The molecule has 0 radical (unpaired) electrons. The minimum atomic E-state index is 0.00843. The first kappa shape index (κ1) is 13.6. The Morgan fingerprint density at radius 1 is 1.21 bits per heavy atom. The maximum absolute atomic E-state index is 12.0. The summed E-state index contributed by atoms with van der Waals surface area (Å²) < 4.78 is 5.34. The number of hydrogen-bond donors (Lipinski definition) is 0. The Morgan fingerprint density at radius 2 is 1.95 bits per heavy atom. The number of carbonyl (C=O) groups is 1. The van der Waals surface area contributed by atoms with Gasteiger partial charge in [-0.1, -0.05) is 0 Å². The van der Waals surface area contributed by atoms with Crippen molar-refractivity contribution < 1.29 is 9.53 Å².